The third-order valence-electron chi connectivity index (χ3n) is 4.82. The molecular formula is C25H36N4O2. The SMILES string of the molecule is CC(C)N(CC(=O)Nc1cc(C(C)(C)C)nn1C(C)(C)C)C(=O)/C=C/c1ccccc1. The fourth-order valence-electron chi connectivity index (χ4n) is 3.03. The summed E-state index contributed by atoms with van der Waals surface area (Å²) in [6, 6.07) is 11.4. The lowest BCUT2D eigenvalue weighted by Crippen LogP contribution is -2.42. The summed E-state index contributed by atoms with van der Waals surface area (Å²) in [5, 5.41) is 7.70. The summed E-state index contributed by atoms with van der Waals surface area (Å²) in [6.45, 7) is 16.2. The van der Waals surface area contributed by atoms with E-state index in [1.165, 1.54) is 6.08 Å². The molecule has 6 nitrogen and oxygen atoms in total. The fraction of sp³-hybridized carbons (Fsp3) is 0.480. The Morgan fingerprint density at radius 1 is 1.10 bits per heavy atom. The number of nitrogens with one attached hydrogen (secondary N) is 1. The summed E-state index contributed by atoms with van der Waals surface area (Å²) in [5.74, 6) is 0.188. The number of hydrogen-bond donors (Lipinski definition) is 1. The van der Waals surface area contributed by atoms with Gasteiger partial charge in [0.25, 0.3) is 0 Å². The molecule has 31 heavy (non-hydrogen) atoms. The van der Waals surface area contributed by atoms with Crippen molar-refractivity contribution in [1.29, 1.82) is 0 Å². The van der Waals surface area contributed by atoms with Gasteiger partial charge in [-0.15, -0.1) is 0 Å². The number of rotatable bonds is 6. The Hall–Kier alpha value is -2.89. The van der Waals surface area contributed by atoms with Gasteiger partial charge in [-0.1, -0.05) is 51.1 Å². The average molecular weight is 425 g/mol. The van der Waals surface area contributed by atoms with Gasteiger partial charge in [0, 0.05) is 23.6 Å². The molecule has 0 aliphatic carbocycles. The quantitative estimate of drug-likeness (QED) is 0.676. The first-order chi connectivity index (χ1) is 14.3. The molecule has 2 rings (SSSR count). The average Bonchev–Trinajstić information content (AvgIpc) is 3.09. The number of nitrogens with zero attached hydrogens (tertiary/aromatic N) is 3. The molecule has 0 aliphatic rings. The number of benzene rings is 1. The van der Waals surface area contributed by atoms with Crippen LogP contribution in [0.2, 0.25) is 0 Å². The van der Waals surface area contributed by atoms with E-state index in [-0.39, 0.29) is 35.4 Å². The van der Waals surface area contributed by atoms with Crippen molar-refractivity contribution >= 4 is 23.7 Å². The second kappa shape index (κ2) is 9.50. The normalized spacial score (nSPS) is 12.4. The maximum Gasteiger partial charge on any atom is 0.247 e. The van der Waals surface area contributed by atoms with Gasteiger partial charge in [-0.3, -0.25) is 9.59 Å². The molecule has 2 amide bonds. The van der Waals surface area contributed by atoms with Gasteiger partial charge in [0.15, 0.2) is 0 Å². The molecule has 1 N–H and O–H groups in total. The van der Waals surface area contributed by atoms with Gasteiger partial charge in [0.05, 0.1) is 11.2 Å². The van der Waals surface area contributed by atoms with Gasteiger partial charge < -0.3 is 10.2 Å². The van der Waals surface area contributed by atoms with E-state index in [9.17, 15) is 9.59 Å². The number of anilines is 1. The summed E-state index contributed by atoms with van der Waals surface area (Å²) in [4.78, 5) is 27.2. The van der Waals surface area contributed by atoms with Crippen LogP contribution in [0.1, 0.15) is 66.6 Å². The Balaban J connectivity index is 2.18. The van der Waals surface area contributed by atoms with Crippen LogP contribution in [0.5, 0.6) is 0 Å². The monoisotopic (exact) mass is 424 g/mol. The van der Waals surface area contributed by atoms with Gasteiger partial charge in [-0.05, 0) is 46.3 Å². The minimum atomic E-state index is -0.294. The van der Waals surface area contributed by atoms with Crippen LogP contribution >= 0.6 is 0 Å². The minimum absolute atomic E-state index is 0.0319. The molecule has 0 bridgehead atoms. The summed E-state index contributed by atoms with van der Waals surface area (Å²) in [6.07, 6.45) is 3.28. The summed E-state index contributed by atoms with van der Waals surface area (Å²) in [7, 11) is 0. The topological polar surface area (TPSA) is 67.2 Å². The van der Waals surface area contributed by atoms with E-state index < -0.39 is 0 Å². The van der Waals surface area contributed by atoms with Crippen molar-refractivity contribution in [3.8, 4) is 0 Å². The number of amides is 2. The van der Waals surface area contributed by atoms with E-state index in [1.807, 2.05) is 75.7 Å². The lowest BCUT2D eigenvalue weighted by Gasteiger charge is -2.26. The van der Waals surface area contributed by atoms with Crippen LogP contribution in [0, 0.1) is 0 Å². The van der Waals surface area contributed by atoms with E-state index in [2.05, 4.69) is 26.1 Å². The lowest BCUT2D eigenvalue weighted by atomic mass is 9.92. The van der Waals surface area contributed by atoms with Crippen LogP contribution in [0.3, 0.4) is 0 Å². The van der Waals surface area contributed by atoms with Gasteiger partial charge in [-0.25, -0.2) is 4.68 Å². The number of carbonyl (C=O) groups is 2. The Kier molecular flexibility index (Phi) is 7.47. The molecule has 0 aliphatic heterocycles. The molecule has 0 atom stereocenters. The second-order valence-corrected chi connectivity index (χ2v) is 10.1. The molecule has 0 saturated carbocycles. The van der Waals surface area contributed by atoms with Crippen LogP contribution in [0.25, 0.3) is 6.08 Å². The molecular weight excluding hydrogens is 388 g/mol. The van der Waals surface area contributed by atoms with Gasteiger partial charge >= 0.3 is 0 Å². The zero-order valence-electron chi connectivity index (χ0n) is 20.1. The third-order valence-corrected chi connectivity index (χ3v) is 4.82. The Morgan fingerprint density at radius 3 is 2.23 bits per heavy atom. The van der Waals surface area contributed by atoms with Crippen LogP contribution in [-0.2, 0) is 20.5 Å². The highest BCUT2D eigenvalue weighted by Gasteiger charge is 2.26. The van der Waals surface area contributed by atoms with Crippen molar-refractivity contribution < 1.29 is 9.59 Å². The van der Waals surface area contributed by atoms with Crippen molar-refractivity contribution in [3.05, 3.63) is 53.7 Å². The molecule has 0 unspecified atom stereocenters. The fourth-order valence-corrected chi connectivity index (χ4v) is 3.03. The summed E-state index contributed by atoms with van der Waals surface area (Å²) >= 11 is 0. The minimum Gasteiger partial charge on any atom is -0.327 e. The molecule has 168 valence electrons. The van der Waals surface area contributed by atoms with E-state index in [1.54, 1.807) is 11.0 Å². The van der Waals surface area contributed by atoms with Gasteiger partial charge in [-0.2, -0.15) is 5.10 Å². The summed E-state index contributed by atoms with van der Waals surface area (Å²) < 4.78 is 1.84. The highest BCUT2D eigenvalue weighted by molar-refractivity contribution is 5.98. The maximum atomic E-state index is 12.9. The molecule has 1 heterocycles. The maximum absolute atomic E-state index is 12.9. The van der Waals surface area contributed by atoms with Crippen LogP contribution in [0.15, 0.2) is 42.5 Å². The Labute approximate surface area is 186 Å². The van der Waals surface area contributed by atoms with Crippen molar-refractivity contribution in [2.24, 2.45) is 0 Å². The first-order valence-electron chi connectivity index (χ1n) is 10.7. The van der Waals surface area contributed by atoms with Crippen LogP contribution in [0.4, 0.5) is 5.82 Å². The lowest BCUT2D eigenvalue weighted by molar-refractivity contribution is -0.132. The standard InChI is InChI=1S/C25H36N4O2/c1-18(2)28(23(31)15-14-19-12-10-9-11-13-19)17-22(30)26-21-16-20(24(3,4)5)27-29(21)25(6,7)8/h9-16,18H,17H2,1-8H3,(H,26,30)/b15-14+. The van der Waals surface area contributed by atoms with E-state index in [0.717, 1.165) is 11.3 Å². The number of carbonyl (C=O) groups excluding carboxylic acids is 2. The first kappa shape index (κ1) is 24.4. The Bertz CT molecular complexity index is 929. The molecule has 0 spiro atoms. The molecule has 0 fully saturated rings. The number of aromatic nitrogens is 2. The van der Waals surface area contributed by atoms with E-state index in [0.29, 0.717) is 5.82 Å². The molecule has 1 aromatic carbocycles. The van der Waals surface area contributed by atoms with Crippen molar-refractivity contribution in [1.82, 2.24) is 14.7 Å². The van der Waals surface area contributed by atoms with Crippen LogP contribution < -0.4 is 5.32 Å². The largest absolute Gasteiger partial charge is 0.327 e. The Morgan fingerprint density at radius 2 is 1.71 bits per heavy atom. The van der Waals surface area contributed by atoms with Crippen LogP contribution in [-0.4, -0.2) is 39.1 Å². The van der Waals surface area contributed by atoms with Gasteiger partial charge in [0.1, 0.15) is 12.4 Å². The zero-order valence-corrected chi connectivity index (χ0v) is 20.1. The zero-order chi connectivity index (χ0) is 23.4. The molecule has 0 radical (unpaired) electrons. The molecule has 6 heteroatoms. The highest BCUT2D eigenvalue weighted by atomic mass is 16.2. The summed E-state index contributed by atoms with van der Waals surface area (Å²) in [5.41, 5.74) is 1.41. The van der Waals surface area contributed by atoms with Crippen molar-refractivity contribution in [2.75, 3.05) is 11.9 Å². The van der Waals surface area contributed by atoms with Gasteiger partial charge in [0.2, 0.25) is 11.8 Å². The van der Waals surface area contributed by atoms with Crippen molar-refractivity contribution in [2.45, 2.75) is 72.4 Å². The molecule has 0 saturated heterocycles. The molecule has 1 aromatic heterocycles. The number of hydrogen-bond acceptors (Lipinski definition) is 3. The second-order valence-electron chi connectivity index (χ2n) is 10.1. The smallest absolute Gasteiger partial charge is 0.247 e. The highest BCUT2D eigenvalue weighted by Crippen LogP contribution is 2.28. The third kappa shape index (κ3) is 6.81. The molecule has 2 aromatic rings. The van der Waals surface area contributed by atoms with Crippen molar-refractivity contribution in [3.63, 3.8) is 0 Å². The van der Waals surface area contributed by atoms with E-state index >= 15 is 0 Å². The van der Waals surface area contributed by atoms with E-state index in [4.69, 9.17) is 5.10 Å². The predicted octanol–water partition coefficient (Wildman–Crippen LogP) is 4.82. The first-order valence-corrected chi connectivity index (χ1v) is 10.7. The predicted molar refractivity (Wildman–Crippen MR) is 127 cm³/mol.